The zero-order chi connectivity index (χ0) is 21.1. The van der Waals surface area contributed by atoms with Crippen LogP contribution in [0.5, 0.6) is 0 Å². The zero-order valence-corrected chi connectivity index (χ0v) is 17.2. The van der Waals surface area contributed by atoms with E-state index in [1.807, 2.05) is 34.3 Å². The Kier molecular flexibility index (Phi) is 5.37. The number of terminal acetylenes is 1. The average molecular weight is 437 g/mol. The summed E-state index contributed by atoms with van der Waals surface area (Å²) in [5, 5.41) is 4.74. The Bertz CT molecular complexity index is 1330. The van der Waals surface area contributed by atoms with E-state index in [1.54, 1.807) is 29.5 Å². The van der Waals surface area contributed by atoms with E-state index in [0.29, 0.717) is 5.69 Å². The lowest BCUT2D eigenvalue weighted by atomic mass is 10.1. The molecule has 150 valence electrons. The molecule has 0 bridgehead atoms. The van der Waals surface area contributed by atoms with Gasteiger partial charge in [0, 0.05) is 34.6 Å². The molecular weight excluding hydrogens is 420 g/mol. The van der Waals surface area contributed by atoms with Crippen LogP contribution in [-0.2, 0) is 10.0 Å². The molecule has 0 saturated heterocycles. The Balaban J connectivity index is 1.49. The number of aromatic nitrogens is 2. The molecule has 7 nitrogen and oxygen atoms in total. The van der Waals surface area contributed by atoms with Crippen molar-refractivity contribution in [3.05, 3.63) is 71.9 Å². The Hall–Kier alpha value is -3.45. The van der Waals surface area contributed by atoms with Crippen LogP contribution in [0.15, 0.2) is 71.2 Å². The van der Waals surface area contributed by atoms with Gasteiger partial charge in [-0.05, 0) is 30.3 Å². The maximum Gasteiger partial charge on any atom is 0.255 e. The summed E-state index contributed by atoms with van der Waals surface area (Å²) in [4.78, 5) is 18.0. The third-order valence-electron chi connectivity index (χ3n) is 4.30. The zero-order valence-electron chi connectivity index (χ0n) is 15.6. The van der Waals surface area contributed by atoms with E-state index in [4.69, 9.17) is 6.42 Å². The summed E-state index contributed by atoms with van der Waals surface area (Å²) in [6.07, 6.45) is 8.98. The van der Waals surface area contributed by atoms with Crippen molar-refractivity contribution in [3.8, 4) is 23.6 Å². The topological polar surface area (TPSA) is 92.6 Å². The number of hydrogen-bond donors (Lipinski definition) is 2. The molecule has 0 fully saturated rings. The van der Waals surface area contributed by atoms with Crippen LogP contribution >= 0.6 is 11.3 Å². The predicted octanol–water partition coefficient (Wildman–Crippen LogP) is 3.23. The molecule has 2 heterocycles. The molecule has 0 spiro atoms. The van der Waals surface area contributed by atoms with Crippen molar-refractivity contribution in [2.45, 2.75) is 4.90 Å². The van der Waals surface area contributed by atoms with Crippen LogP contribution in [0.2, 0.25) is 0 Å². The maximum atomic E-state index is 12.6. The van der Waals surface area contributed by atoms with E-state index in [-0.39, 0.29) is 17.0 Å². The van der Waals surface area contributed by atoms with Crippen molar-refractivity contribution < 1.29 is 13.2 Å². The quantitative estimate of drug-likeness (QED) is 0.454. The largest absolute Gasteiger partial charge is 0.322 e. The average Bonchev–Trinajstić information content (AvgIpc) is 3.35. The summed E-state index contributed by atoms with van der Waals surface area (Å²) >= 11 is 1.56. The lowest BCUT2D eigenvalue weighted by Crippen LogP contribution is -2.24. The highest BCUT2D eigenvalue weighted by Crippen LogP contribution is 2.23. The van der Waals surface area contributed by atoms with E-state index in [1.165, 1.54) is 18.2 Å². The number of amides is 1. The number of carbonyl (C=O) groups excluding carboxylic acids is 1. The van der Waals surface area contributed by atoms with Gasteiger partial charge >= 0.3 is 0 Å². The third kappa shape index (κ3) is 4.11. The van der Waals surface area contributed by atoms with Crippen LogP contribution < -0.4 is 10.0 Å². The number of sulfonamides is 1. The monoisotopic (exact) mass is 436 g/mol. The number of thiazole rings is 1. The molecule has 0 aliphatic rings. The molecule has 2 aromatic carbocycles. The lowest BCUT2D eigenvalue weighted by Gasteiger charge is -2.08. The number of imidazole rings is 1. The third-order valence-corrected chi connectivity index (χ3v) is 6.47. The Morgan fingerprint density at radius 2 is 2.00 bits per heavy atom. The van der Waals surface area contributed by atoms with Gasteiger partial charge in [0.25, 0.3) is 5.91 Å². The van der Waals surface area contributed by atoms with E-state index in [2.05, 4.69) is 20.9 Å². The van der Waals surface area contributed by atoms with Gasteiger partial charge in [-0.15, -0.1) is 17.8 Å². The molecule has 1 amide bonds. The fraction of sp³-hybridized carbons (Fsp3) is 0.0476. The molecule has 0 aliphatic heterocycles. The normalized spacial score (nSPS) is 11.3. The van der Waals surface area contributed by atoms with E-state index in [0.717, 1.165) is 16.2 Å². The van der Waals surface area contributed by atoms with Gasteiger partial charge in [0.2, 0.25) is 10.0 Å². The number of fused-ring (bicyclic) bond motifs is 1. The minimum atomic E-state index is -3.77. The fourth-order valence-corrected chi connectivity index (χ4v) is 4.50. The summed E-state index contributed by atoms with van der Waals surface area (Å²) in [5.74, 6) is 1.79. The van der Waals surface area contributed by atoms with Crippen LogP contribution in [0.3, 0.4) is 0 Å². The van der Waals surface area contributed by atoms with Crippen LogP contribution in [0.1, 0.15) is 10.4 Å². The molecule has 0 saturated carbocycles. The first-order valence-corrected chi connectivity index (χ1v) is 11.2. The molecule has 0 atom stereocenters. The van der Waals surface area contributed by atoms with Crippen molar-refractivity contribution in [2.24, 2.45) is 0 Å². The smallest absolute Gasteiger partial charge is 0.255 e. The summed E-state index contributed by atoms with van der Waals surface area (Å²) in [7, 11) is -3.77. The number of benzene rings is 2. The van der Waals surface area contributed by atoms with Crippen LogP contribution in [0, 0.1) is 12.3 Å². The Morgan fingerprint density at radius 1 is 1.20 bits per heavy atom. The van der Waals surface area contributed by atoms with E-state index in [9.17, 15) is 13.2 Å². The van der Waals surface area contributed by atoms with Gasteiger partial charge in [-0.25, -0.2) is 13.4 Å². The van der Waals surface area contributed by atoms with E-state index < -0.39 is 15.9 Å². The molecule has 9 heteroatoms. The number of nitrogens with one attached hydrogen (secondary N) is 2. The molecule has 0 aliphatic carbocycles. The van der Waals surface area contributed by atoms with Crippen LogP contribution in [0.4, 0.5) is 5.69 Å². The van der Waals surface area contributed by atoms with Gasteiger partial charge in [-0.2, -0.15) is 4.72 Å². The van der Waals surface area contributed by atoms with Gasteiger partial charge < -0.3 is 5.32 Å². The van der Waals surface area contributed by atoms with Crippen molar-refractivity contribution in [1.29, 1.82) is 0 Å². The number of anilines is 1. The maximum absolute atomic E-state index is 12.6. The highest BCUT2D eigenvalue weighted by Gasteiger charge is 2.16. The van der Waals surface area contributed by atoms with Gasteiger partial charge in [0.15, 0.2) is 4.96 Å². The molecule has 0 radical (unpaired) electrons. The molecule has 4 aromatic rings. The number of carbonyl (C=O) groups is 1. The van der Waals surface area contributed by atoms with Crippen molar-refractivity contribution in [1.82, 2.24) is 14.1 Å². The SMILES string of the molecule is C#CCNS(=O)(=O)c1cccc(C(=O)Nc2ccc(-c3cn4ccsc4n3)cc2)c1. The molecular formula is C21H16N4O3S2. The van der Waals surface area contributed by atoms with Crippen molar-refractivity contribution in [2.75, 3.05) is 11.9 Å². The minimum absolute atomic E-state index is 0.0273. The summed E-state index contributed by atoms with van der Waals surface area (Å²) < 4.78 is 28.6. The highest BCUT2D eigenvalue weighted by atomic mass is 32.2. The van der Waals surface area contributed by atoms with Gasteiger partial charge in [-0.1, -0.05) is 24.1 Å². The second-order valence-electron chi connectivity index (χ2n) is 6.31. The second kappa shape index (κ2) is 8.12. The minimum Gasteiger partial charge on any atom is -0.322 e. The molecule has 2 aromatic heterocycles. The Morgan fingerprint density at radius 3 is 2.73 bits per heavy atom. The second-order valence-corrected chi connectivity index (χ2v) is 8.95. The highest BCUT2D eigenvalue weighted by molar-refractivity contribution is 7.89. The first-order chi connectivity index (χ1) is 14.5. The fourth-order valence-electron chi connectivity index (χ4n) is 2.82. The van der Waals surface area contributed by atoms with Crippen molar-refractivity contribution >= 4 is 37.9 Å². The summed E-state index contributed by atoms with van der Waals surface area (Å²) in [6.45, 7) is -0.125. The summed E-state index contributed by atoms with van der Waals surface area (Å²) in [5.41, 5.74) is 2.58. The number of hydrogen-bond acceptors (Lipinski definition) is 5. The van der Waals surface area contributed by atoms with Gasteiger partial charge in [0.05, 0.1) is 17.1 Å². The summed E-state index contributed by atoms with van der Waals surface area (Å²) in [6, 6.07) is 13.0. The number of rotatable bonds is 6. The Labute approximate surface area is 177 Å². The molecule has 4 rings (SSSR count). The van der Waals surface area contributed by atoms with Crippen LogP contribution in [-0.4, -0.2) is 30.3 Å². The van der Waals surface area contributed by atoms with E-state index >= 15 is 0 Å². The first kappa shape index (κ1) is 19.8. The first-order valence-electron chi connectivity index (χ1n) is 8.83. The molecule has 0 unspecified atom stereocenters. The predicted molar refractivity (Wildman–Crippen MR) is 117 cm³/mol. The van der Waals surface area contributed by atoms with Gasteiger partial charge in [0.1, 0.15) is 0 Å². The lowest BCUT2D eigenvalue weighted by molar-refractivity contribution is 0.102. The van der Waals surface area contributed by atoms with Crippen LogP contribution in [0.25, 0.3) is 16.2 Å². The molecule has 2 N–H and O–H groups in total. The van der Waals surface area contributed by atoms with Gasteiger partial charge in [-0.3, -0.25) is 9.20 Å². The van der Waals surface area contributed by atoms with Crippen molar-refractivity contribution in [3.63, 3.8) is 0 Å². The molecule has 30 heavy (non-hydrogen) atoms. The number of nitrogens with zero attached hydrogens (tertiary/aromatic N) is 2. The standard InChI is InChI=1S/C21H16N4O3S2/c1-2-10-22-30(27,28)18-5-3-4-16(13-18)20(26)23-17-8-6-15(7-9-17)19-14-25-11-12-29-21(25)24-19/h1,3-9,11-14,22H,10H2,(H,23,26).